The van der Waals surface area contributed by atoms with Gasteiger partial charge in [-0.3, -0.25) is 4.90 Å². The second-order valence-electron chi connectivity index (χ2n) is 3.83. The van der Waals surface area contributed by atoms with E-state index in [2.05, 4.69) is 18.7 Å². The number of nitrogens with two attached hydrogens (primary N) is 1. The van der Waals surface area contributed by atoms with E-state index in [1.165, 1.54) is 0 Å². The highest BCUT2D eigenvalue weighted by Gasteiger charge is 2.20. The van der Waals surface area contributed by atoms with Crippen LogP contribution in [0.2, 0.25) is 0 Å². The van der Waals surface area contributed by atoms with Gasteiger partial charge in [0.15, 0.2) is 0 Å². The number of rotatable bonds is 9. The van der Waals surface area contributed by atoms with Gasteiger partial charge in [0.2, 0.25) is 0 Å². The molecule has 0 saturated heterocycles. The lowest BCUT2D eigenvalue weighted by molar-refractivity contribution is 0.0465. The van der Waals surface area contributed by atoms with Crippen LogP contribution >= 0.6 is 0 Å². The van der Waals surface area contributed by atoms with Crippen LogP contribution in [0.3, 0.4) is 0 Å². The summed E-state index contributed by atoms with van der Waals surface area (Å²) >= 11 is 0. The Kier molecular flexibility index (Phi) is 9.00. The minimum Gasteiger partial charge on any atom is -0.383 e. The summed E-state index contributed by atoms with van der Waals surface area (Å²) in [6, 6.07) is 0.809. The topological polar surface area (TPSA) is 47.7 Å². The molecule has 2 atom stereocenters. The lowest BCUT2D eigenvalue weighted by atomic mass is 10.1. The Bertz CT molecular complexity index is 145. The molecule has 0 radical (unpaired) electrons. The minimum atomic E-state index is 0.292. The van der Waals surface area contributed by atoms with E-state index in [9.17, 15) is 0 Å². The van der Waals surface area contributed by atoms with Crippen molar-refractivity contribution in [2.75, 3.05) is 40.5 Å². The van der Waals surface area contributed by atoms with Crippen LogP contribution in [0.15, 0.2) is 0 Å². The zero-order chi connectivity index (χ0) is 11.7. The predicted octanol–water partition coefficient (Wildman–Crippen LogP) is 0.707. The maximum absolute atomic E-state index is 5.76. The van der Waals surface area contributed by atoms with Gasteiger partial charge >= 0.3 is 0 Å². The average Bonchev–Trinajstić information content (AvgIpc) is 2.27. The zero-order valence-corrected chi connectivity index (χ0v) is 10.5. The first kappa shape index (κ1) is 14.8. The van der Waals surface area contributed by atoms with Crippen LogP contribution in [-0.2, 0) is 9.47 Å². The zero-order valence-electron chi connectivity index (χ0n) is 10.5. The van der Waals surface area contributed by atoms with Crippen molar-refractivity contribution in [2.45, 2.75) is 32.4 Å². The van der Waals surface area contributed by atoms with Gasteiger partial charge in [-0.25, -0.2) is 0 Å². The molecule has 4 nitrogen and oxygen atoms in total. The van der Waals surface area contributed by atoms with Crippen LogP contribution in [0, 0.1) is 0 Å². The van der Waals surface area contributed by atoms with Crippen molar-refractivity contribution in [3.8, 4) is 0 Å². The van der Waals surface area contributed by atoms with E-state index in [0.717, 1.165) is 19.6 Å². The van der Waals surface area contributed by atoms with Crippen LogP contribution < -0.4 is 5.73 Å². The van der Waals surface area contributed by atoms with E-state index in [4.69, 9.17) is 15.2 Å². The quantitative estimate of drug-likeness (QED) is 0.619. The predicted molar refractivity (Wildman–Crippen MR) is 63.1 cm³/mol. The molecule has 0 aromatic heterocycles. The number of hydrogen-bond acceptors (Lipinski definition) is 4. The Balaban J connectivity index is 4.28. The number of hydrogen-bond donors (Lipinski definition) is 1. The molecular formula is C11H26N2O2. The van der Waals surface area contributed by atoms with E-state index in [-0.39, 0.29) is 0 Å². The average molecular weight is 218 g/mol. The highest BCUT2D eigenvalue weighted by molar-refractivity contribution is 4.76. The molecule has 0 aromatic rings. The normalized spacial score (nSPS) is 15.6. The second-order valence-corrected chi connectivity index (χ2v) is 3.83. The fourth-order valence-electron chi connectivity index (χ4n) is 1.69. The molecule has 0 aliphatic carbocycles. The fourth-order valence-corrected chi connectivity index (χ4v) is 1.69. The van der Waals surface area contributed by atoms with E-state index >= 15 is 0 Å². The van der Waals surface area contributed by atoms with Crippen molar-refractivity contribution in [2.24, 2.45) is 5.73 Å². The molecule has 0 spiro atoms. The maximum atomic E-state index is 5.76. The van der Waals surface area contributed by atoms with Gasteiger partial charge in [0.1, 0.15) is 0 Å². The van der Waals surface area contributed by atoms with Gasteiger partial charge in [-0.05, 0) is 13.3 Å². The Morgan fingerprint density at radius 1 is 1.27 bits per heavy atom. The van der Waals surface area contributed by atoms with Crippen molar-refractivity contribution >= 4 is 0 Å². The molecule has 0 rings (SSSR count). The summed E-state index contributed by atoms with van der Waals surface area (Å²) in [5.41, 5.74) is 5.76. The molecule has 0 amide bonds. The van der Waals surface area contributed by atoms with E-state index in [0.29, 0.717) is 25.2 Å². The summed E-state index contributed by atoms with van der Waals surface area (Å²) in [5.74, 6) is 0. The fraction of sp³-hybridized carbons (Fsp3) is 1.00. The Morgan fingerprint density at radius 3 is 2.33 bits per heavy atom. The van der Waals surface area contributed by atoms with Gasteiger partial charge in [0.25, 0.3) is 0 Å². The summed E-state index contributed by atoms with van der Waals surface area (Å²) in [6.07, 6.45) is 1.12. The monoisotopic (exact) mass is 218 g/mol. The molecule has 0 aliphatic heterocycles. The number of methoxy groups -OCH3 is 2. The molecule has 92 valence electrons. The number of ether oxygens (including phenoxy) is 2. The van der Waals surface area contributed by atoms with Crippen LogP contribution in [0.4, 0.5) is 0 Å². The van der Waals surface area contributed by atoms with Gasteiger partial charge in [-0.2, -0.15) is 0 Å². The SMILES string of the molecule is CCC(C)N(CCOC)C(CN)COC. The third kappa shape index (κ3) is 5.47. The third-order valence-electron chi connectivity index (χ3n) is 2.81. The molecule has 0 bridgehead atoms. The minimum absolute atomic E-state index is 0.292. The Labute approximate surface area is 93.7 Å². The molecule has 0 heterocycles. The van der Waals surface area contributed by atoms with Crippen LogP contribution in [0.25, 0.3) is 0 Å². The molecule has 0 fully saturated rings. The molecule has 0 aromatic carbocycles. The van der Waals surface area contributed by atoms with Gasteiger partial charge in [0.05, 0.1) is 13.2 Å². The molecule has 15 heavy (non-hydrogen) atoms. The van der Waals surface area contributed by atoms with Crippen molar-refractivity contribution in [3.05, 3.63) is 0 Å². The lowest BCUT2D eigenvalue weighted by Crippen LogP contribution is -2.49. The largest absolute Gasteiger partial charge is 0.383 e. The molecule has 2 unspecified atom stereocenters. The Hall–Kier alpha value is -0.160. The highest BCUT2D eigenvalue weighted by atomic mass is 16.5. The third-order valence-corrected chi connectivity index (χ3v) is 2.81. The molecule has 2 N–H and O–H groups in total. The number of nitrogens with zero attached hydrogens (tertiary/aromatic N) is 1. The summed E-state index contributed by atoms with van der Waals surface area (Å²) < 4.78 is 10.3. The van der Waals surface area contributed by atoms with Gasteiger partial charge in [0, 0.05) is 39.4 Å². The molecule has 4 heteroatoms. The van der Waals surface area contributed by atoms with E-state index in [1.807, 2.05) is 0 Å². The molecule has 0 aliphatic rings. The maximum Gasteiger partial charge on any atom is 0.0630 e. The Morgan fingerprint density at radius 2 is 1.93 bits per heavy atom. The van der Waals surface area contributed by atoms with E-state index in [1.54, 1.807) is 14.2 Å². The lowest BCUT2D eigenvalue weighted by Gasteiger charge is -2.35. The first-order valence-electron chi connectivity index (χ1n) is 5.64. The second kappa shape index (κ2) is 9.09. The summed E-state index contributed by atoms with van der Waals surface area (Å²) in [7, 11) is 3.44. The van der Waals surface area contributed by atoms with Crippen molar-refractivity contribution < 1.29 is 9.47 Å². The van der Waals surface area contributed by atoms with Crippen molar-refractivity contribution in [1.29, 1.82) is 0 Å². The van der Waals surface area contributed by atoms with Crippen LogP contribution in [0.5, 0.6) is 0 Å². The summed E-state index contributed by atoms with van der Waals surface area (Å²) in [5, 5.41) is 0. The van der Waals surface area contributed by atoms with Gasteiger partial charge in [-0.15, -0.1) is 0 Å². The van der Waals surface area contributed by atoms with Crippen LogP contribution in [0.1, 0.15) is 20.3 Å². The smallest absolute Gasteiger partial charge is 0.0630 e. The van der Waals surface area contributed by atoms with Crippen molar-refractivity contribution in [3.63, 3.8) is 0 Å². The summed E-state index contributed by atoms with van der Waals surface area (Å²) in [6.45, 7) is 7.37. The highest BCUT2D eigenvalue weighted by Crippen LogP contribution is 2.08. The first-order chi connectivity index (χ1) is 7.21. The van der Waals surface area contributed by atoms with Crippen molar-refractivity contribution in [1.82, 2.24) is 4.90 Å². The van der Waals surface area contributed by atoms with Gasteiger partial charge < -0.3 is 15.2 Å². The van der Waals surface area contributed by atoms with Gasteiger partial charge in [-0.1, -0.05) is 6.92 Å². The van der Waals surface area contributed by atoms with Crippen LogP contribution in [-0.4, -0.2) is 57.5 Å². The summed E-state index contributed by atoms with van der Waals surface area (Å²) in [4.78, 5) is 2.37. The molecule has 0 saturated carbocycles. The first-order valence-corrected chi connectivity index (χ1v) is 5.64. The van der Waals surface area contributed by atoms with E-state index < -0.39 is 0 Å². The molecular weight excluding hydrogens is 192 g/mol. The standard InChI is InChI=1S/C11H26N2O2/c1-5-10(2)13(6-7-14-3)11(8-12)9-15-4/h10-11H,5-9,12H2,1-4H3.